The number of anilines is 1. The largest absolute Gasteiger partial charge is 0.489 e. The number of fused-ring (bicyclic) bond motifs is 1. The van der Waals surface area contributed by atoms with Crippen molar-refractivity contribution in [2.24, 2.45) is 0 Å². The summed E-state index contributed by atoms with van der Waals surface area (Å²) in [5, 5.41) is 1.17. The van der Waals surface area contributed by atoms with Gasteiger partial charge in [0.05, 0.1) is 11.2 Å². The van der Waals surface area contributed by atoms with Crippen molar-refractivity contribution in [3.63, 3.8) is 0 Å². The lowest BCUT2D eigenvalue weighted by atomic mass is 10.1. The zero-order chi connectivity index (χ0) is 14.8. The number of aryl methyl sites for hydroxylation is 2. The second-order valence-electron chi connectivity index (χ2n) is 5.29. The zero-order valence-electron chi connectivity index (χ0n) is 12.5. The first-order chi connectivity index (χ1) is 10.2. The van der Waals surface area contributed by atoms with Crippen LogP contribution in [0.3, 0.4) is 0 Å². The van der Waals surface area contributed by atoms with Crippen LogP contribution >= 0.6 is 0 Å². The van der Waals surface area contributed by atoms with Crippen molar-refractivity contribution in [2.45, 2.75) is 27.0 Å². The molecule has 0 saturated heterocycles. The Morgan fingerprint density at radius 2 is 1.86 bits per heavy atom. The van der Waals surface area contributed by atoms with Crippen LogP contribution in [0, 0.1) is 6.92 Å². The smallest absolute Gasteiger partial charge is 0.119 e. The highest BCUT2D eigenvalue weighted by atomic mass is 16.5. The fourth-order valence-corrected chi connectivity index (χ4v) is 2.62. The molecule has 1 aromatic heterocycles. The number of aromatic nitrogens is 1. The molecular formula is C18H20N2O. The Kier molecular flexibility index (Phi) is 3.57. The average molecular weight is 280 g/mol. The Morgan fingerprint density at radius 1 is 1.10 bits per heavy atom. The SMILES string of the molecule is CCn1cc(COc2ccc(C)cc2)c2cccc(N)c21. The van der Waals surface area contributed by atoms with Gasteiger partial charge in [-0.05, 0) is 32.0 Å². The number of nitrogens with zero attached hydrogens (tertiary/aromatic N) is 1. The minimum atomic E-state index is 0.552. The van der Waals surface area contributed by atoms with Crippen LogP contribution in [0.2, 0.25) is 0 Å². The number of hydrogen-bond donors (Lipinski definition) is 1. The van der Waals surface area contributed by atoms with Crippen molar-refractivity contribution in [1.82, 2.24) is 4.57 Å². The first kappa shape index (κ1) is 13.6. The van der Waals surface area contributed by atoms with Gasteiger partial charge >= 0.3 is 0 Å². The molecule has 0 fully saturated rings. The molecule has 0 unspecified atom stereocenters. The van der Waals surface area contributed by atoms with Gasteiger partial charge in [0.2, 0.25) is 0 Å². The van der Waals surface area contributed by atoms with Crippen LogP contribution in [-0.2, 0) is 13.2 Å². The van der Waals surface area contributed by atoms with E-state index in [1.54, 1.807) is 0 Å². The molecule has 3 aromatic rings. The first-order valence-electron chi connectivity index (χ1n) is 7.24. The third-order valence-corrected chi connectivity index (χ3v) is 3.77. The minimum Gasteiger partial charge on any atom is -0.489 e. The molecule has 0 saturated carbocycles. The topological polar surface area (TPSA) is 40.2 Å². The van der Waals surface area contributed by atoms with E-state index in [4.69, 9.17) is 10.5 Å². The van der Waals surface area contributed by atoms with Crippen LogP contribution in [0.4, 0.5) is 5.69 Å². The van der Waals surface area contributed by atoms with E-state index >= 15 is 0 Å². The maximum Gasteiger partial charge on any atom is 0.119 e. The molecule has 3 heteroatoms. The van der Waals surface area contributed by atoms with E-state index in [1.165, 1.54) is 16.5 Å². The summed E-state index contributed by atoms with van der Waals surface area (Å²) < 4.78 is 8.08. The van der Waals surface area contributed by atoms with Gasteiger partial charge in [0.1, 0.15) is 12.4 Å². The molecule has 0 aliphatic heterocycles. The van der Waals surface area contributed by atoms with Crippen molar-refractivity contribution < 1.29 is 4.74 Å². The normalized spacial score (nSPS) is 11.0. The summed E-state index contributed by atoms with van der Waals surface area (Å²) in [4.78, 5) is 0. The fourth-order valence-electron chi connectivity index (χ4n) is 2.62. The van der Waals surface area contributed by atoms with Gasteiger partial charge in [-0.25, -0.2) is 0 Å². The Hall–Kier alpha value is -2.42. The number of nitrogen functional groups attached to an aromatic ring is 1. The molecule has 3 nitrogen and oxygen atoms in total. The highest BCUT2D eigenvalue weighted by Gasteiger charge is 2.10. The summed E-state index contributed by atoms with van der Waals surface area (Å²) in [5.74, 6) is 0.891. The van der Waals surface area contributed by atoms with E-state index in [0.29, 0.717) is 6.61 Å². The molecule has 0 radical (unpaired) electrons. The molecule has 0 aliphatic carbocycles. The number of benzene rings is 2. The second-order valence-corrected chi connectivity index (χ2v) is 5.29. The molecule has 21 heavy (non-hydrogen) atoms. The molecular weight excluding hydrogens is 260 g/mol. The van der Waals surface area contributed by atoms with Crippen LogP contribution in [0.25, 0.3) is 10.9 Å². The van der Waals surface area contributed by atoms with E-state index in [-0.39, 0.29) is 0 Å². The van der Waals surface area contributed by atoms with E-state index in [0.717, 1.165) is 23.5 Å². The van der Waals surface area contributed by atoms with Crippen molar-refractivity contribution in [2.75, 3.05) is 5.73 Å². The van der Waals surface area contributed by atoms with Gasteiger partial charge in [-0.2, -0.15) is 0 Å². The van der Waals surface area contributed by atoms with E-state index in [1.807, 2.05) is 24.3 Å². The standard InChI is InChI=1S/C18H20N2O/c1-3-20-11-14(16-5-4-6-17(19)18(16)20)12-21-15-9-7-13(2)8-10-15/h4-11H,3,12,19H2,1-2H3. The monoisotopic (exact) mass is 280 g/mol. The zero-order valence-corrected chi connectivity index (χ0v) is 12.5. The van der Waals surface area contributed by atoms with Crippen molar-refractivity contribution in [1.29, 1.82) is 0 Å². The lowest BCUT2D eigenvalue weighted by molar-refractivity contribution is 0.307. The Labute approximate surface area is 125 Å². The molecule has 1 heterocycles. The lowest BCUT2D eigenvalue weighted by Gasteiger charge is -2.05. The van der Waals surface area contributed by atoms with Gasteiger partial charge in [-0.1, -0.05) is 29.8 Å². The first-order valence-corrected chi connectivity index (χ1v) is 7.24. The van der Waals surface area contributed by atoms with Gasteiger partial charge in [0.15, 0.2) is 0 Å². The number of hydrogen-bond acceptors (Lipinski definition) is 2. The molecule has 0 aliphatic rings. The summed E-state index contributed by atoms with van der Waals surface area (Å²) in [7, 11) is 0. The molecule has 0 amide bonds. The predicted molar refractivity (Wildman–Crippen MR) is 87.5 cm³/mol. The lowest BCUT2D eigenvalue weighted by Crippen LogP contribution is -1.95. The van der Waals surface area contributed by atoms with Crippen molar-refractivity contribution >= 4 is 16.6 Å². The van der Waals surface area contributed by atoms with Crippen LogP contribution in [0.15, 0.2) is 48.7 Å². The fraction of sp³-hybridized carbons (Fsp3) is 0.222. The van der Waals surface area contributed by atoms with Crippen molar-refractivity contribution in [3.8, 4) is 5.75 Å². The van der Waals surface area contributed by atoms with Gasteiger partial charge in [-0.3, -0.25) is 0 Å². The Morgan fingerprint density at radius 3 is 2.57 bits per heavy atom. The number of nitrogens with two attached hydrogens (primary N) is 1. The van der Waals surface area contributed by atoms with Gasteiger partial charge in [0.25, 0.3) is 0 Å². The van der Waals surface area contributed by atoms with Gasteiger partial charge < -0.3 is 15.0 Å². The van der Waals surface area contributed by atoms with E-state index < -0.39 is 0 Å². The summed E-state index contributed by atoms with van der Waals surface area (Å²) in [5.41, 5.74) is 10.4. The Balaban J connectivity index is 1.90. The summed E-state index contributed by atoms with van der Waals surface area (Å²) in [6, 6.07) is 14.2. The maximum atomic E-state index is 6.11. The Bertz CT molecular complexity index is 757. The van der Waals surface area contributed by atoms with E-state index in [2.05, 4.69) is 42.8 Å². The molecule has 2 aromatic carbocycles. The maximum absolute atomic E-state index is 6.11. The summed E-state index contributed by atoms with van der Waals surface area (Å²) in [6.07, 6.45) is 2.13. The minimum absolute atomic E-state index is 0.552. The van der Waals surface area contributed by atoms with Gasteiger partial charge in [0, 0.05) is 23.7 Å². The third-order valence-electron chi connectivity index (χ3n) is 3.77. The van der Waals surface area contributed by atoms with Crippen LogP contribution in [-0.4, -0.2) is 4.57 Å². The number of para-hydroxylation sites is 1. The molecule has 0 atom stereocenters. The summed E-state index contributed by atoms with van der Waals surface area (Å²) in [6.45, 7) is 5.64. The molecule has 2 N–H and O–H groups in total. The van der Waals surface area contributed by atoms with E-state index in [9.17, 15) is 0 Å². The number of ether oxygens (including phenoxy) is 1. The van der Waals surface area contributed by atoms with Crippen molar-refractivity contribution in [3.05, 3.63) is 59.8 Å². The van der Waals surface area contributed by atoms with Crippen LogP contribution in [0.1, 0.15) is 18.1 Å². The number of rotatable bonds is 4. The highest BCUT2D eigenvalue weighted by molar-refractivity contribution is 5.93. The van der Waals surface area contributed by atoms with Crippen LogP contribution in [0.5, 0.6) is 5.75 Å². The van der Waals surface area contributed by atoms with Crippen LogP contribution < -0.4 is 10.5 Å². The molecule has 108 valence electrons. The quantitative estimate of drug-likeness (QED) is 0.730. The molecule has 0 bridgehead atoms. The second kappa shape index (κ2) is 5.52. The summed E-state index contributed by atoms with van der Waals surface area (Å²) >= 11 is 0. The van der Waals surface area contributed by atoms with Gasteiger partial charge in [-0.15, -0.1) is 0 Å². The predicted octanol–water partition coefficient (Wildman–Crippen LogP) is 4.13. The average Bonchev–Trinajstić information content (AvgIpc) is 2.86. The highest BCUT2D eigenvalue weighted by Crippen LogP contribution is 2.27. The third kappa shape index (κ3) is 2.59. The molecule has 3 rings (SSSR count). The molecule has 0 spiro atoms.